The maximum atomic E-state index is 2.56. The summed E-state index contributed by atoms with van der Waals surface area (Å²) in [7, 11) is -1.58. The van der Waals surface area contributed by atoms with E-state index in [9.17, 15) is 0 Å². The molecule has 0 unspecified atom stereocenters. The molecular weight excluding hydrogens is 268 g/mol. The van der Waals surface area contributed by atoms with Gasteiger partial charge in [0.2, 0.25) is 0 Å². The van der Waals surface area contributed by atoms with E-state index in [-0.39, 0.29) is 0 Å². The van der Waals surface area contributed by atoms with Crippen molar-refractivity contribution in [3.63, 3.8) is 0 Å². The monoisotopic (exact) mass is 298 g/mol. The lowest BCUT2D eigenvalue weighted by molar-refractivity contribution is 1.07. The number of rotatable bonds is 2. The molecule has 1 heteroatoms. The van der Waals surface area contributed by atoms with E-state index in [1.807, 2.05) is 0 Å². The molecule has 1 aliphatic carbocycles. The lowest BCUT2D eigenvalue weighted by atomic mass is 10.1. The Hall–Kier alpha value is -1.08. The Morgan fingerprint density at radius 1 is 0.714 bits per heavy atom. The lowest BCUT2D eigenvalue weighted by Crippen LogP contribution is -2.49. The minimum Gasteiger partial charge on any atom is -0.0653 e. The van der Waals surface area contributed by atoms with E-state index in [2.05, 4.69) is 73.7 Å². The Morgan fingerprint density at radius 2 is 1.10 bits per heavy atom. The van der Waals surface area contributed by atoms with Crippen molar-refractivity contribution in [2.75, 3.05) is 0 Å². The van der Waals surface area contributed by atoms with Gasteiger partial charge in [-0.05, 0) is 59.6 Å². The summed E-state index contributed by atoms with van der Waals surface area (Å²) < 4.78 is 0. The van der Waals surface area contributed by atoms with Gasteiger partial charge in [0.15, 0.2) is 0 Å². The van der Waals surface area contributed by atoms with E-state index < -0.39 is 8.07 Å². The molecule has 21 heavy (non-hydrogen) atoms. The van der Waals surface area contributed by atoms with Gasteiger partial charge in [0.05, 0.1) is 8.07 Å². The fourth-order valence-corrected chi connectivity index (χ4v) is 9.84. The molecule has 0 nitrogen and oxygen atoms in total. The highest BCUT2D eigenvalue weighted by molar-refractivity contribution is 6.92. The van der Waals surface area contributed by atoms with E-state index in [1.165, 1.54) is 27.8 Å². The maximum absolute atomic E-state index is 2.56. The molecule has 1 aromatic rings. The standard InChI is InChI=1S/C20H30Si/c1-12-10-13(2)19(14(3)11-12)21(8,9)20-17(6)15(4)16(5)18(20)7/h10-11,20H,1-9H3. The Morgan fingerprint density at radius 3 is 1.48 bits per heavy atom. The van der Waals surface area contributed by atoms with Gasteiger partial charge in [0.25, 0.3) is 0 Å². The highest BCUT2D eigenvalue weighted by Crippen LogP contribution is 2.46. The van der Waals surface area contributed by atoms with Gasteiger partial charge >= 0.3 is 0 Å². The van der Waals surface area contributed by atoms with Crippen LogP contribution in [0.3, 0.4) is 0 Å². The van der Waals surface area contributed by atoms with Crippen molar-refractivity contribution in [3.8, 4) is 0 Å². The molecule has 0 N–H and O–H groups in total. The van der Waals surface area contributed by atoms with Crippen LogP contribution in [-0.4, -0.2) is 8.07 Å². The van der Waals surface area contributed by atoms with Crippen molar-refractivity contribution in [3.05, 3.63) is 51.1 Å². The fourth-order valence-electron chi connectivity index (χ4n) is 4.77. The summed E-state index contributed by atoms with van der Waals surface area (Å²) in [6.45, 7) is 21.2. The van der Waals surface area contributed by atoms with Gasteiger partial charge in [-0.15, -0.1) is 0 Å². The number of hydrogen-bond acceptors (Lipinski definition) is 0. The third kappa shape index (κ3) is 2.46. The van der Waals surface area contributed by atoms with Crippen LogP contribution in [-0.2, 0) is 0 Å². The molecule has 0 saturated heterocycles. The number of allylic oxidation sites excluding steroid dienone is 4. The van der Waals surface area contributed by atoms with Crippen molar-refractivity contribution < 1.29 is 0 Å². The predicted octanol–water partition coefficient (Wildman–Crippen LogP) is 5.58. The molecule has 0 aliphatic heterocycles. The van der Waals surface area contributed by atoms with Crippen LogP contribution in [0, 0.1) is 20.8 Å². The smallest absolute Gasteiger partial charge is 0.0653 e. The minimum absolute atomic E-state index is 0.664. The van der Waals surface area contributed by atoms with Crippen molar-refractivity contribution in [2.45, 2.75) is 67.1 Å². The first-order valence-corrected chi connectivity index (χ1v) is 11.1. The maximum Gasteiger partial charge on any atom is 0.0925 e. The molecule has 1 aromatic carbocycles. The summed E-state index contributed by atoms with van der Waals surface area (Å²) in [5.41, 5.74) is 11.3. The first-order valence-electron chi connectivity index (χ1n) is 8.02. The van der Waals surface area contributed by atoms with Gasteiger partial charge in [-0.25, -0.2) is 0 Å². The van der Waals surface area contributed by atoms with Crippen LogP contribution < -0.4 is 5.19 Å². The SMILES string of the molecule is CC1=C(C)C([Si](C)(C)c2c(C)cc(C)cc2C)C(C)=C1C. The summed E-state index contributed by atoms with van der Waals surface area (Å²) in [5.74, 6) is 0. The lowest BCUT2D eigenvalue weighted by Gasteiger charge is -2.35. The molecule has 0 fully saturated rings. The summed E-state index contributed by atoms with van der Waals surface area (Å²) in [5, 5.41) is 1.67. The predicted molar refractivity (Wildman–Crippen MR) is 98.3 cm³/mol. The first kappa shape index (κ1) is 16.3. The molecule has 0 aromatic heterocycles. The van der Waals surface area contributed by atoms with Gasteiger partial charge in [-0.2, -0.15) is 0 Å². The molecule has 0 saturated carbocycles. The topological polar surface area (TPSA) is 0 Å². The first-order chi connectivity index (χ1) is 9.59. The summed E-state index contributed by atoms with van der Waals surface area (Å²) in [6, 6.07) is 4.73. The van der Waals surface area contributed by atoms with E-state index in [0.29, 0.717) is 5.54 Å². The molecule has 2 rings (SSSR count). The van der Waals surface area contributed by atoms with Crippen LogP contribution in [0.5, 0.6) is 0 Å². The van der Waals surface area contributed by atoms with Crippen molar-refractivity contribution in [1.82, 2.24) is 0 Å². The van der Waals surface area contributed by atoms with Crippen LogP contribution >= 0.6 is 0 Å². The van der Waals surface area contributed by atoms with Crippen LogP contribution in [0.4, 0.5) is 0 Å². The Labute approximate surface area is 132 Å². The van der Waals surface area contributed by atoms with Crippen LogP contribution in [0.25, 0.3) is 0 Å². The van der Waals surface area contributed by atoms with E-state index in [4.69, 9.17) is 0 Å². The van der Waals surface area contributed by atoms with Crippen LogP contribution in [0.2, 0.25) is 18.6 Å². The fraction of sp³-hybridized carbons (Fsp3) is 0.500. The van der Waals surface area contributed by atoms with Crippen molar-refractivity contribution in [1.29, 1.82) is 0 Å². The van der Waals surface area contributed by atoms with Crippen LogP contribution in [0.15, 0.2) is 34.4 Å². The van der Waals surface area contributed by atoms with Gasteiger partial charge in [0.1, 0.15) is 0 Å². The molecule has 0 atom stereocenters. The molecular formula is C20H30Si. The van der Waals surface area contributed by atoms with E-state index in [1.54, 1.807) is 16.3 Å². The molecule has 0 radical (unpaired) electrons. The van der Waals surface area contributed by atoms with Gasteiger partial charge in [-0.3, -0.25) is 0 Å². The Balaban J connectivity index is 2.65. The number of benzene rings is 1. The van der Waals surface area contributed by atoms with Crippen LogP contribution in [0.1, 0.15) is 44.4 Å². The average molecular weight is 299 g/mol. The summed E-state index contributed by atoms with van der Waals surface area (Å²) >= 11 is 0. The zero-order valence-electron chi connectivity index (χ0n) is 15.2. The third-order valence-corrected chi connectivity index (χ3v) is 10.0. The van der Waals surface area contributed by atoms with Crippen molar-refractivity contribution >= 4 is 13.3 Å². The van der Waals surface area contributed by atoms with Gasteiger partial charge in [-0.1, -0.05) is 58.3 Å². The second-order valence-electron chi connectivity index (χ2n) is 7.54. The zero-order chi connectivity index (χ0) is 16.1. The van der Waals surface area contributed by atoms with E-state index in [0.717, 1.165) is 0 Å². The molecule has 0 bridgehead atoms. The number of hydrogen-bond donors (Lipinski definition) is 0. The second-order valence-corrected chi connectivity index (χ2v) is 12.1. The number of aryl methyl sites for hydroxylation is 3. The zero-order valence-corrected chi connectivity index (χ0v) is 16.2. The Kier molecular flexibility index (Phi) is 4.09. The van der Waals surface area contributed by atoms with Gasteiger partial charge in [0, 0.05) is 5.54 Å². The van der Waals surface area contributed by atoms with E-state index >= 15 is 0 Å². The molecule has 0 heterocycles. The summed E-state index contributed by atoms with van der Waals surface area (Å²) in [4.78, 5) is 0. The molecule has 0 spiro atoms. The average Bonchev–Trinajstić information content (AvgIpc) is 2.52. The van der Waals surface area contributed by atoms with Gasteiger partial charge < -0.3 is 0 Å². The third-order valence-electron chi connectivity index (χ3n) is 5.65. The normalized spacial score (nSPS) is 17.2. The van der Waals surface area contributed by atoms with Crippen molar-refractivity contribution in [2.24, 2.45) is 0 Å². The largest absolute Gasteiger partial charge is 0.0925 e. The highest BCUT2D eigenvalue weighted by Gasteiger charge is 2.41. The molecule has 114 valence electrons. The quantitative estimate of drug-likeness (QED) is 0.625. The highest BCUT2D eigenvalue weighted by atomic mass is 28.3. The summed E-state index contributed by atoms with van der Waals surface area (Å²) in [6.07, 6.45) is 0. The Bertz CT molecular complexity index is 609. The molecule has 0 amide bonds. The molecule has 1 aliphatic rings. The minimum atomic E-state index is -1.58. The second kappa shape index (κ2) is 5.28.